The van der Waals surface area contributed by atoms with Crippen LogP contribution in [0.2, 0.25) is 0 Å². The van der Waals surface area contributed by atoms with Gasteiger partial charge in [-0.2, -0.15) is 0 Å². The fourth-order valence-corrected chi connectivity index (χ4v) is 3.09. The van der Waals surface area contributed by atoms with E-state index in [1.807, 2.05) is 26.8 Å². The van der Waals surface area contributed by atoms with E-state index in [-0.39, 0.29) is 17.7 Å². The van der Waals surface area contributed by atoms with Crippen molar-refractivity contribution in [2.45, 2.75) is 31.7 Å². The van der Waals surface area contributed by atoms with Crippen molar-refractivity contribution >= 4 is 9.84 Å². The molecule has 0 aliphatic carbocycles. The molecule has 3 nitrogen and oxygen atoms in total. The summed E-state index contributed by atoms with van der Waals surface area (Å²) in [4.78, 5) is 0.364. The fourth-order valence-electron chi connectivity index (χ4n) is 1.35. The van der Waals surface area contributed by atoms with Crippen LogP contribution in [0.15, 0.2) is 29.2 Å². The molecule has 0 radical (unpaired) electrons. The number of aryl methyl sites for hydroxylation is 1. The molecule has 0 saturated carbocycles. The monoisotopic (exact) mass is 241 g/mol. The van der Waals surface area contributed by atoms with E-state index in [4.69, 9.17) is 5.73 Å². The molecular formula is C12H19NO2S. The first-order valence-corrected chi connectivity index (χ1v) is 7.03. The summed E-state index contributed by atoms with van der Waals surface area (Å²) < 4.78 is 24.0. The number of benzene rings is 1. The van der Waals surface area contributed by atoms with Gasteiger partial charge in [0.1, 0.15) is 0 Å². The zero-order valence-corrected chi connectivity index (χ0v) is 10.8. The Morgan fingerprint density at radius 2 is 1.94 bits per heavy atom. The van der Waals surface area contributed by atoms with E-state index in [1.165, 1.54) is 0 Å². The highest BCUT2D eigenvalue weighted by Gasteiger charge is 2.20. The molecule has 0 saturated heterocycles. The van der Waals surface area contributed by atoms with E-state index in [0.29, 0.717) is 4.90 Å². The van der Waals surface area contributed by atoms with Crippen molar-refractivity contribution < 1.29 is 8.42 Å². The molecule has 0 aliphatic heterocycles. The quantitative estimate of drug-likeness (QED) is 0.873. The van der Waals surface area contributed by atoms with E-state index in [9.17, 15) is 8.42 Å². The highest BCUT2D eigenvalue weighted by Crippen LogP contribution is 2.15. The minimum atomic E-state index is -3.25. The largest absolute Gasteiger partial charge is 0.327 e. The molecular weight excluding hydrogens is 222 g/mol. The summed E-state index contributed by atoms with van der Waals surface area (Å²) in [6.45, 7) is 5.73. The average Bonchev–Trinajstić information content (AvgIpc) is 2.17. The molecule has 1 unspecified atom stereocenters. The number of hydrogen-bond donors (Lipinski definition) is 1. The van der Waals surface area contributed by atoms with Gasteiger partial charge >= 0.3 is 0 Å². The summed E-state index contributed by atoms with van der Waals surface area (Å²) in [6, 6.07) is 6.62. The van der Waals surface area contributed by atoms with Crippen LogP contribution in [-0.4, -0.2) is 20.2 Å². The summed E-state index contributed by atoms with van der Waals surface area (Å²) >= 11 is 0. The molecule has 4 heteroatoms. The van der Waals surface area contributed by atoms with Crippen LogP contribution in [0.3, 0.4) is 0 Å². The molecule has 0 aromatic heterocycles. The average molecular weight is 241 g/mol. The van der Waals surface area contributed by atoms with Gasteiger partial charge in [-0.1, -0.05) is 26.0 Å². The number of sulfone groups is 1. The summed E-state index contributed by atoms with van der Waals surface area (Å²) in [7, 11) is -3.25. The second-order valence-electron chi connectivity index (χ2n) is 4.51. The molecule has 0 spiro atoms. The first kappa shape index (κ1) is 13.2. The molecule has 0 amide bonds. The normalized spacial score (nSPS) is 14.1. The Morgan fingerprint density at radius 1 is 1.31 bits per heavy atom. The molecule has 2 N–H and O–H groups in total. The third-order valence-electron chi connectivity index (χ3n) is 2.62. The smallest absolute Gasteiger partial charge is 0.179 e. The van der Waals surface area contributed by atoms with E-state index in [2.05, 4.69) is 0 Å². The molecule has 1 aromatic carbocycles. The van der Waals surface area contributed by atoms with Gasteiger partial charge in [-0.15, -0.1) is 0 Å². The van der Waals surface area contributed by atoms with Gasteiger partial charge in [0, 0.05) is 6.04 Å². The van der Waals surface area contributed by atoms with Crippen LogP contribution >= 0.6 is 0 Å². The maximum absolute atomic E-state index is 12.0. The minimum absolute atomic E-state index is 0.00806. The van der Waals surface area contributed by atoms with E-state index < -0.39 is 9.84 Å². The number of nitrogens with two attached hydrogens (primary N) is 1. The molecule has 90 valence electrons. The molecule has 0 bridgehead atoms. The lowest BCUT2D eigenvalue weighted by Gasteiger charge is -2.15. The van der Waals surface area contributed by atoms with Crippen molar-refractivity contribution in [1.29, 1.82) is 0 Å². The Bertz CT molecular complexity index is 452. The molecule has 1 rings (SSSR count). The topological polar surface area (TPSA) is 60.2 Å². The maximum Gasteiger partial charge on any atom is 0.179 e. The Morgan fingerprint density at radius 3 is 2.44 bits per heavy atom. The van der Waals surface area contributed by atoms with Crippen LogP contribution in [0.4, 0.5) is 0 Å². The molecule has 1 atom stereocenters. The Labute approximate surface area is 97.6 Å². The lowest BCUT2D eigenvalue weighted by atomic mass is 10.1. The van der Waals surface area contributed by atoms with E-state index >= 15 is 0 Å². The van der Waals surface area contributed by atoms with Crippen LogP contribution in [0, 0.1) is 12.8 Å². The maximum atomic E-state index is 12.0. The zero-order valence-electron chi connectivity index (χ0n) is 9.97. The van der Waals surface area contributed by atoms with Crippen molar-refractivity contribution in [3.05, 3.63) is 29.8 Å². The third-order valence-corrected chi connectivity index (χ3v) is 4.41. The van der Waals surface area contributed by atoms with Crippen LogP contribution in [0.25, 0.3) is 0 Å². The van der Waals surface area contributed by atoms with Crippen LogP contribution in [0.1, 0.15) is 19.4 Å². The highest BCUT2D eigenvalue weighted by atomic mass is 32.2. The SMILES string of the molecule is Cc1cccc(S(=O)(=O)CC(N)C(C)C)c1. The summed E-state index contributed by atoms with van der Waals surface area (Å²) in [5, 5.41) is 0. The van der Waals surface area contributed by atoms with Gasteiger partial charge in [-0.3, -0.25) is 0 Å². The van der Waals surface area contributed by atoms with Crippen molar-refractivity contribution in [3.63, 3.8) is 0 Å². The van der Waals surface area contributed by atoms with Gasteiger partial charge in [-0.25, -0.2) is 8.42 Å². The van der Waals surface area contributed by atoms with Crippen molar-refractivity contribution in [2.24, 2.45) is 11.7 Å². The minimum Gasteiger partial charge on any atom is -0.327 e. The van der Waals surface area contributed by atoms with E-state index in [1.54, 1.807) is 18.2 Å². The summed E-state index contributed by atoms with van der Waals surface area (Å²) in [6.07, 6.45) is 0. The molecule has 0 aliphatic rings. The predicted octanol–water partition coefficient (Wildman–Crippen LogP) is 1.75. The Balaban J connectivity index is 2.95. The van der Waals surface area contributed by atoms with Gasteiger partial charge in [0.15, 0.2) is 9.84 Å². The van der Waals surface area contributed by atoms with E-state index in [0.717, 1.165) is 5.56 Å². The van der Waals surface area contributed by atoms with Crippen molar-refractivity contribution in [3.8, 4) is 0 Å². The zero-order chi connectivity index (χ0) is 12.3. The lowest BCUT2D eigenvalue weighted by Crippen LogP contribution is -2.34. The van der Waals surface area contributed by atoms with Gasteiger partial charge < -0.3 is 5.73 Å². The lowest BCUT2D eigenvalue weighted by molar-refractivity contribution is 0.516. The van der Waals surface area contributed by atoms with Crippen LogP contribution in [-0.2, 0) is 9.84 Å². The van der Waals surface area contributed by atoms with Gasteiger partial charge in [0.25, 0.3) is 0 Å². The predicted molar refractivity (Wildman–Crippen MR) is 66.0 cm³/mol. The van der Waals surface area contributed by atoms with Crippen molar-refractivity contribution in [1.82, 2.24) is 0 Å². The highest BCUT2D eigenvalue weighted by molar-refractivity contribution is 7.91. The van der Waals surface area contributed by atoms with Gasteiger partial charge in [0.05, 0.1) is 10.6 Å². The number of rotatable bonds is 4. The van der Waals surface area contributed by atoms with Gasteiger partial charge in [-0.05, 0) is 30.5 Å². The molecule has 0 heterocycles. The van der Waals surface area contributed by atoms with Gasteiger partial charge in [0.2, 0.25) is 0 Å². The molecule has 0 fully saturated rings. The fraction of sp³-hybridized carbons (Fsp3) is 0.500. The Kier molecular flexibility index (Phi) is 4.10. The Hall–Kier alpha value is -0.870. The third kappa shape index (κ3) is 3.32. The first-order chi connectivity index (χ1) is 7.33. The van der Waals surface area contributed by atoms with Crippen molar-refractivity contribution in [2.75, 3.05) is 5.75 Å². The van der Waals surface area contributed by atoms with Crippen LogP contribution < -0.4 is 5.73 Å². The second-order valence-corrected chi connectivity index (χ2v) is 6.54. The first-order valence-electron chi connectivity index (χ1n) is 5.38. The summed E-state index contributed by atoms with van der Waals surface area (Å²) in [5.74, 6) is 0.174. The summed E-state index contributed by atoms with van der Waals surface area (Å²) in [5.41, 5.74) is 6.74. The standard InChI is InChI=1S/C12H19NO2S/c1-9(2)12(13)8-16(14,15)11-6-4-5-10(3)7-11/h4-7,9,12H,8,13H2,1-3H3. The molecule has 1 aromatic rings. The second kappa shape index (κ2) is 4.97. The molecule has 16 heavy (non-hydrogen) atoms. The number of hydrogen-bond acceptors (Lipinski definition) is 3. The van der Waals surface area contributed by atoms with Crippen LogP contribution in [0.5, 0.6) is 0 Å².